The Morgan fingerprint density at radius 2 is 1.60 bits per heavy atom. The van der Waals surface area contributed by atoms with Crippen LogP contribution >= 0.6 is 0 Å². The van der Waals surface area contributed by atoms with E-state index in [0.29, 0.717) is 6.04 Å². The summed E-state index contributed by atoms with van der Waals surface area (Å²) in [6, 6.07) is 8.23. The fourth-order valence-electron chi connectivity index (χ4n) is 2.74. The number of nitrogens with zero attached hydrogens (tertiary/aromatic N) is 2. The molecule has 1 aromatic carbocycles. The lowest BCUT2D eigenvalue weighted by Gasteiger charge is -2.23. The third kappa shape index (κ3) is 4.01. The predicted molar refractivity (Wildman–Crippen MR) is 99.6 cm³/mol. The SMILES string of the molecule is CN1C(=O)/C(=C\C(C[Si](C)(C)C)S(=O)(=O)c2ccccc2)N(C)C1=O. The summed E-state index contributed by atoms with van der Waals surface area (Å²) in [5.41, 5.74) is 0.121. The van der Waals surface area contributed by atoms with E-state index in [9.17, 15) is 18.0 Å². The van der Waals surface area contributed by atoms with Crippen molar-refractivity contribution >= 4 is 29.8 Å². The maximum atomic E-state index is 13.1. The molecule has 0 radical (unpaired) electrons. The molecule has 0 bridgehead atoms. The van der Waals surface area contributed by atoms with Crippen LogP contribution in [0.5, 0.6) is 0 Å². The molecule has 25 heavy (non-hydrogen) atoms. The third-order valence-corrected chi connectivity index (χ3v) is 8.08. The van der Waals surface area contributed by atoms with E-state index in [2.05, 4.69) is 19.6 Å². The van der Waals surface area contributed by atoms with E-state index in [1.54, 1.807) is 30.3 Å². The summed E-state index contributed by atoms with van der Waals surface area (Å²) in [6.45, 7) is 6.24. The number of urea groups is 1. The second-order valence-electron chi connectivity index (χ2n) is 7.42. The largest absolute Gasteiger partial charge is 0.331 e. The molecule has 0 aliphatic carbocycles. The highest BCUT2D eigenvalue weighted by atomic mass is 32.2. The van der Waals surface area contributed by atoms with Crippen LogP contribution in [0, 0.1) is 0 Å². The fraction of sp³-hybridized carbons (Fsp3) is 0.412. The number of carbonyl (C=O) groups is 2. The lowest BCUT2D eigenvalue weighted by Crippen LogP contribution is -2.32. The average Bonchev–Trinajstić information content (AvgIpc) is 2.71. The van der Waals surface area contributed by atoms with Gasteiger partial charge in [0.25, 0.3) is 5.91 Å². The summed E-state index contributed by atoms with van der Waals surface area (Å²) in [5.74, 6) is -0.476. The molecular formula is C17H24N2O4SSi. The molecule has 0 spiro atoms. The van der Waals surface area contributed by atoms with Gasteiger partial charge in [-0.05, 0) is 24.3 Å². The number of imide groups is 1. The van der Waals surface area contributed by atoms with Gasteiger partial charge in [0.1, 0.15) is 5.70 Å². The monoisotopic (exact) mass is 380 g/mol. The van der Waals surface area contributed by atoms with E-state index < -0.39 is 35.1 Å². The molecule has 6 nitrogen and oxygen atoms in total. The van der Waals surface area contributed by atoms with Gasteiger partial charge >= 0.3 is 6.03 Å². The fourth-order valence-corrected chi connectivity index (χ4v) is 7.63. The van der Waals surface area contributed by atoms with Gasteiger partial charge in [0, 0.05) is 22.2 Å². The minimum Gasteiger partial charge on any atom is -0.292 e. The molecule has 1 saturated heterocycles. The Labute approximate surface area is 150 Å². The molecule has 3 amide bonds. The first-order chi connectivity index (χ1) is 11.4. The van der Waals surface area contributed by atoms with Crippen molar-refractivity contribution in [2.45, 2.75) is 35.8 Å². The Morgan fingerprint density at radius 1 is 1.04 bits per heavy atom. The molecule has 1 unspecified atom stereocenters. The first kappa shape index (κ1) is 19.4. The van der Waals surface area contributed by atoms with E-state index >= 15 is 0 Å². The minimum atomic E-state index is -3.65. The second kappa shape index (κ2) is 6.76. The zero-order valence-electron chi connectivity index (χ0n) is 15.2. The molecule has 2 rings (SSSR count). The lowest BCUT2D eigenvalue weighted by molar-refractivity contribution is -0.122. The van der Waals surface area contributed by atoms with E-state index in [-0.39, 0.29) is 10.6 Å². The molecule has 136 valence electrons. The first-order valence-corrected chi connectivity index (χ1v) is 13.3. The topological polar surface area (TPSA) is 74.8 Å². The van der Waals surface area contributed by atoms with Gasteiger partial charge in [0.05, 0.1) is 10.1 Å². The van der Waals surface area contributed by atoms with Crippen LogP contribution in [0.2, 0.25) is 25.7 Å². The molecule has 1 aliphatic heterocycles. The molecule has 8 heteroatoms. The summed E-state index contributed by atoms with van der Waals surface area (Å²) < 4.78 is 26.2. The highest BCUT2D eigenvalue weighted by molar-refractivity contribution is 7.92. The van der Waals surface area contributed by atoms with Crippen LogP contribution in [-0.2, 0) is 14.6 Å². The maximum absolute atomic E-state index is 13.1. The van der Waals surface area contributed by atoms with E-state index in [0.717, 1.165) is 4.90 Å². The maximum Gasteiger partial charge on any atom is 0.331 e. The van der Waals surface area contributed by atoms with Crippen molar-refractivity contribution < 1.29 is 18.0 Å². The Morgan fingerprint density at radius 3 is 2.04 bits per heavy atom. The van der Waals surface area contributed by atoms with Gasteiger partial charge < -0.3 is 0 Å². The van der Waals surface area contributed by atoms with Crippen molar-refractivity contribution in [2.75, 3.05) is 14.1 Å². The molecule has 1 fully saturated rings. The smallest absolute Gasteiger partial charge is 0.292 e. The quantitative estimate of drug-likeness (QED) is 0.447. The Kier molecular flexibility index (Phi) is 5.24. The number of hydrogen-bond donors (Lipinski definition) is 0. The molecule has 1 atom stereocenters. The highest BCUT2D eigenvalue weighted by Gasteiger charge is 2.39. The summed E-state index contributed by atoms with van der Waals surface area (Å²) in [6.07, 6.45) is 1.45. The highest BCUT2D eigenvalue weighted by Crippen LogP contribution is 2.28. The number of benzene rings is 1. The first-order valence-electron chi connectivity index (χ1n) is 8.01. The van der Waals surface area contributed by atoms with Gasteiger partial charge in [-0.25, -0.2) is 13.2 Å². The summed E-state index contributed by atoms with van der Waals surface area (Å²) in [5, 5.41) is -0.845. The average molecular weight is 381 g/mol. The van der Waals surface area contributed by atoms with Crippen LogP contribution in [0.25, 0.3) is 0 Å². The van der Waals surface area contributed by atoms with Gasteiger partial charge in [-0.1, -0.05) is 37.8 Å². The standard InChI is InChI=1S/C17H24N2O4SSi/c1-18-15(16(20)19(2)17(18)21)11-14(12-25(3,4)5)24(22,23)13-9-7-6-8-10-13/h6-11,14H,12H2,1-5H3/b15-11+. The van der Waals surface area contributed by atoms with E-state index in [1.807, 2.05) is 0 Å². The predicted octanol–water partition coefficient (Wildman–Crippen LogP) is 2.57. The van der Waals surface area contributed by atoms with Crippen LogP contribution in [0.15, 0.2) is 47.0 Å². The minimum absolute atomic E-state index is 0.121. The number of likely N-dealkylation sites (N-methyl/N-ethyl adjacent to an activating group) is 2. The molecule has 1 aliphatic rings. The second-order valence-corrected chi connectivity index (χ2v) is 15.1. The molecule has 0 N–H and O–H groups in total. The Balaban J connectivity index is 2.53. The summed E-state index contributed by atoms with van der Waals surface area (Å²) >= 11 is 0. The van der Waals surface area contributed by atoms with E-state index in [4.69, 9.17) is 0 Å². The van der Waals surface area contributed by atoms with Crippen molar-refractivity contribution in [3.05, 3.63) is 42.1 Å². The van der Waals surface area contributed by atoms with Crippen LogP contribution in [0.4, 0.5) is 4.79 Å². The van der Waals surface area contributed by atoms with Gasteiger partial charge in [0.2, 0.25) is 0 Å². The number of sulfone groups is 1. The van der Waals surface area contributed by atoms with Crippen LogP contribution < -0.4 is 0 Å². The van der Waals surface area contributed by atoms with Crippen LogP contribution in [-0.4, -0.2) is 57.6 Å². The zero-order valence-corrected chi connectivity index (χ0v) is 17.0. The van der Waals surface area contributed by atoms with Crippen LogP contribution in [0.1, 0.15) is 0 Å². The molecule has 0 aromatic heterocycles. The summed E-state index contributed by atoms with van der Waals surface area (Å²) in [4.78, 5) is 26.7. The van der Waals surface area contributed by atoms with Crippen molar-refractivity contribution in [2.24, 2.45) is 0 Å². The number of hydrogen-bond acceptors (Lipinski definition) is 4. The van der Waals surface area contributed by atoms with Crippen molar-refractivity contribution in [1.82, 2.24) is 9.80 Å². The van der Waals surface area contributed by atoms with Gasteiger partial charge in [-0.3, -0.25) is 14.6 Å². The molecule has 1 aromatic rings. The van der Waals surface area contributed by atoms with E-state index in [1.165, 1.54) is 25.1 Å². The van der Waals surface area contributed by atoms with Crippen LogP contribution in [0.3, 0.4) is 0 Å². The Hall–Kier alpha value is -1.93. The zero-order chi connectivity index (χ0) is 19.0. The Bertz CT molecular complexity index is 813. The number of rotatable bonds is 5. The molecular weight excluding hydrogens is 356 g/mol. The van der Waals surface area contributed by atoms with Gasteiger partial charge in [0.15, 0.2) is 9.84 Å². The molecule has 0 saturated carbocycles. The number of carbonyl (C=O) groups excluding carboxylic acids is 2. The van der Waals surface area contributed by atoms with Gasteiger partial charge in [-0.15, -0.1) is 0 Å². The number of amides is 3. The normalized spacial score (nSPS) is 19.0. The van der Waals surface area contributed by atoms with Gasteiger partial charge in [-0.2, -0.15) is 0 Å². The lowest BCUT2D eigenvalue weighted by atomic mass is 10.3. The van der Waals surface area contributed by atoms with Crippen molar-refractivity contribution in [3.8, 4) is 0 Å². The van der Waals surface area contributed by atoms with Crippen molar-refractivity contribution in [1.29, 1.82) is 0 Å². The summed E-state index contributed by atoms with van der Waals surface area (Å²) in [7, 11) is -2.55. The third-order valence-electron chi connectivity index (χ3n) is 4.09. The molecule has 1 heterocycles. The van der Waals surface area contributed by atoms with Crippen molar-refractivity contribution in [3.63, 3.8) is 0 Å².